The first kappa shape index (κ1) is 11.1. The molecule has 2 amide bonds. The minimum atomic E-state index is -1.27. The maximum absolute atomic E-state index is 11.5. The lowest BCUT2D eigenvalue weighted by molar-refractivity contribution is -0.153. The monoisotopic (exact) mass is 231 g/mol. The first-order chi connectivity index (χ1) is 8.11. The number of nitrogens with zero attached hydrogens (tertiary/aromatic N) is 1. The van der Waals surface area contributed by atoms with E-state index in [0.717, 1.165) is 17.1 Å². The smallest absolute Gasteiger partial charge is 0.331 e. The van der Waals surface area contributed by atoms with Crippen LogP contribution in [0.2, 0.25) is 0 Å². The highest BCUT2D eigenvalue weighted by Gasteiger charge is 2.36. The van der Waals surface area contributed by atoms with Crippen LogP contribution in [0.1, 0.15) is 11.6 Å². The van der Waals surface area contributed by atoms with E-state index in [-0.39, 0.29) is 0 Å². The van der Waals surface area contributed by atoms with Crippen molar-refractivity contribution in [2.45, 2.75) is 6.04 Å². The highest BCUT2D eigenvalue weighted by atomic mass is 16.4. The van der Waals surface area contributed by atoms with E-state index in [1.165, 1.54) is 0 Å². The highest BCUT2D eigenvalue weighted by Crippen LogP contribution is 2.24. The molecule has 0 unspecified atom stereocenters. The quantitative estimate of drug-likeness (QED) is 0.778. The molecule has 5 heteroatoms. The van der Waals surface area contributed by atoms with Gasteiger partial charge in [-0.2, -0.15) is 0 Å². The van der Waals surface area contributed by atoms with Gasteiger partial charge in [0.05, 0.1) is 0 Å². The largest absolute Gasteiger partial charge is 0.479 e. The van der Waals surface area contributed by atoms with Gasteiger partial charge in [-0.1, -0.05) is 30.3 Å². The molecule has 0 spiro atoms. The number of carbonyl (C=O) groups is 3. The van der Waals surface area contributed by atoms with Crippen LogP contribution in [0.25, 0.3) is 0 Å². The number of imide groups is 1. The number of hydrogen-bond acceptors (Lipinski definition) is 3. The summed E-state index contributed by atoms with van der Waals surface area (Å²) in [5.74, 6) is -2.45. The van der Waals surface area contributed by atoms with Crippen molar-refractivity contribution in [1.29, 1.82) is 0 Å². The van der Waals surface area contributed by atoms with Crippen molar-refractivity contribution in [1.82, 2.24) is 4.90 Å². The average Bonchev–Trinajstić information content (AvgIpc) is 2.62. The normalized spacial score (nSPS) is 16.4. The number of carboxylic acids is 1. The van der Waals surface area contributed by atoms with E-state index in [1.54, 1.807) is 30.3 Å². The fraction of sp³-hybridized carbons (Fsp3) is 0.0833. The summed E-state index contributed by atoms with van der Waals surface area (Å²) in [4.78, 5) is 34.9. The Bertz CT molecular complexity index is 488. The van der Waals surface area contributed by atoms with E-state index in [1.807, 2.05) is 0 Å². The Kier molecular flexibility index (Phi) is 2.74. The maximum Gasteiger partial charge on any atom is 0.331 e. The number of rotatable bonds is 3. The van der Waals surface area contributed by atoms with Crippen molar-refractivity contribution in [2.24, 2.45) is 0 Å². The van der Waals surface area contributed by atoms with Gasteiger partial charge in [0.2, 0.25) is 0 Å². The molecule has 2 rings (SSSR count). The lowest BCUT2D eigenvalue weighted by Crippen LogP contribution is -2.38. The van der Waals surface area contributed by atoms with Crippen LogP contribution in [0.15, 0.2) is 42.5 Å². The molecule has 1 aromatic carbocycles. The zero-order valence-corrected chi connectivity index (χ0v) is 8.74. The summed E-state index contributed by atoms with van der Waals surface area (Å²) in [5, 5.41) is 9.15. The second-order valence-corrected chi connectivity index (χ2v) is 3.53. The van der Waals surface area contributed by atoms with Gasteiger partial charge in [-0.15, -0.1) is 0 Å². The predicted octanol–water partition coefficient (Wildman–Crippen LogP) is 0.737. The van der Waals surface area contributed by atoms with Crippen molar-refractivity contribution in [3.05, 3.63) is 48.0 Å². The third-order valence-electron chi connectivity index (χ3n) is 2.45. The molecule has 1 aliphatic heterocycles. The van der Waals surface area contributed by atoms with Gasteiger partial charge >= 0.3 is 5.97 Å². The summed E-state index contributed by atoms with van der Waals surface area (Å²) in [7, 11) is 0. The predicted molar refractivity (Wildman–Crippen MR) is 57.8 cm³/mol. The Morgan fingerprint density at radius 2 is 1.59 bits per heavy atom. The summed E-state index contributed by atoms with van der Waals surface area (Å²) >= 11 is 0. The van der Waals surface area contributed by atoms with E-state index >= 15 is 0 Å². The molecule has 0 saturated carbocycles. The third kappa shape index (κ3) is 1.94. The van der Waals surface area contributed by atoms with E-state index in [0.29, 0.717) is 5.56 Å². The topological polar surface area (TPSA) is 74.7 Å². The van der Waals surface area contributed by atoms with Gasteiger partial charge < -0.3 is 5.11 Å². The van der Waals surface area contributed by atoms with Gasteiger partial charge in [-0.05, 0) is 5.56 Å². The first-order valence-electron chi connectivity index (χ1n) is 4.94. The maximum atomic E-state index is 11.5. The molecule has 0 aromatic heterocycles. The molecule has 0 aliphatic carbocycles. The van der Waals surface area contributed by atoms with E-state index < -0.39 is 23.8 Å². The summed E-state index contributed by atoms with van der Waals surface area (Å²) in [5.41, 5.74) is 0.394. The summed E-state index contributed by atoms with van der Waals surface area (Å²) in [6.07, 6.45) is 2.14. The number of aliphatic carboxylic acids is 1. The number of carbonyl (C=O) groups excluding carboxylic acids is 2. The molecule has 86 valence electrons. The van der Waals surface area contributed by atoms with Gasteiger partial charge in [-0.25, -0.2) is 4.79 Å². The van der Waals surface area contributed by atoms with Gasteiger partial charge in [0.15, 0.2) is 6.04 Å². The zero-order valence-electron chi connectivity index (χ0n) is 8.74. The fourth-order valence-electron chi connectivity index (χ4n) is 1.70. The van der Waals surface area contributed by atoms with Crippen LogP contribution >= 0.6 is 0 Å². The van der Waals surface area contributed by atoms with Crippen LogP contribution in [0.5, 0.6) is 0 Å². The third-order valence-corrected chi connectivity index (χ3v) is 2.45. The molecule has 0 saturated heterocycles. The van der Waals surface area contributed by atoms with Gasteiger partial charge in [-0.3, -0.25) is 14.5 Å². The van der Waals surface area contributed by atoms with Gasteiger partial charge in [0.1, 0.15) is 0 Å². The van der Waals surface area contributed by atoms with Crippen molar-refractivity contribution in [3.63, 3.8) is 0 Å². The molecule has 0 bridgehead atoms. The Hall–Kier alpha value is -2.43. The van der Waals surface area contributed by atoms with Crippen LogP contribution in [0.3, 0.4) is 0 Å². The Morgan fingerprint density at radius 3 is 2.06 bits per heavy atom. The van der Waals surface area contributed by atoms with Crippen molar-refractivity contribution < 1.29 is 19.5 Å². The highest BCUT2D eigenvalue weighted by molar-refractivity contribution is 6.14. The van der Waals surface area contributed by atoms with Crippen LogP contribution in [-0.4, -0.2) is 27.8 Å². The fourth-order valence-corrected chi connectivity index (χ4v) is 1.70. The minimum Gasteiger partial charge on any atom is -0.479 e. The van der Waals surface area contributed by atoms with E-state index in [4.69, 9.17) is 5.11 Å². The second kappa shape index (κ2) is 4.21. The van der Waals surface area contributed by atoms with E-state index in [9.17, 15) is 14.4 Å². The Labute approximate surface area is 97.0 Å². The molecule has 1 heterocycles. The average molecular weight is 231 g/mol. The SMILES string of the molecule is O=C(O)[C@@H](c1ccccc1)N1C(=O)C=CC1=O. The molecule has 5 nitrogen and oxygen atoms in total. The lowest BCUT2D eigenvalue weighted by Gasteiger charge is -2.22. The van der Waals surface area contributed by atoms with Gasteiger partial charge in [0, 0.05) is 12.2 Å². The summed E-state index contributed by atoms with van der Waals surface area (Å²) < 4.78 is 0. The van der Waals surface area contributed by atoms with Crippen LogP contribution < -0.4 is 0 Å². The second-order valence-electron chi connectivity index (χ2n) is 3.53. The molecule has 1 N–H and O–H groups in total. The molecular formula is C12H9NO4. The number of hydrogen-bond donors (Lipinski definition) is 1. The van der Waals surface area contributed by atoms with Crippen molar-refractivity contribution in [3.8, 4) is 0 Å². The standard InChI is InChI=1S/C12H9NO4/c14-9-6-7-10(15)13(9)11(12(16)17)8-4-2-1-3-5-8/h1-7,11H,(H,16,17)/t11-/m1/s1. The van der Waals surface area contributed by atoms with Crippen LogP contribution in [0.4, 0.5) is 0 Å². The molecule has 0 radical (unpaired) electrons. The first-order valence-corrected chi connectivity index (χ1v) is 4.94. The molecule has 17 heavy (non-hydrogen) atoms. The minimum absolute atomic E-state index is 0.394. The summed E-state index contributed by atoms with van der Waals surface area (Å²) in [6, 6.07) is 6.91. The Morgan fingerprint density at radius 1 is 1.06 bits per heavy atom. The molecule has 1 atom stereocenters. The number of amides is 2. The van der Waals surface area contributed by atoms with Crippen molar-refractivity contribution in [2.75, 3.05) is 0 Å². The van der Waals surface area contributed by atoms with Crippen molar-refractivity contribution >= 4 is 17.8 Å². The summed E-state index contributed by atoms with van der Waals surface area (Å²) in [6.45, 7) is 0. The van der Waals surface area contributed by atoms with Crippen LogP contribution in [0, 0.1) is 0 Å². The van der Waals surface area contributed by atoms with Crippen LogP contribution in [-0.2, 0) is 14.4 Å². The Balaban J connectivity index is 2.41. The number of benzene rings is 1. The number of carboxylic acid groups (broad SMARTS) is 1. The molecular weight excluding hydrogens is 222 g/mol. The van der Waals surface area contributed by atoms with Gasteiger partial charge in [0.25, 0.3) is 11.8 Å². The zero-order chi connectivity index (χ0) is 12.4. The molecule has 1 aromatic rings. The van der Waals surface area contributed by atoms with E-state index in [2.05, 4.69) is 0 Å². The lowest BCUT2D eigenvalue weighted by atomic mass is 10.1. The molecule has 1 aliphatic rings. The molecule has 0 fully saturated rings.